The van der Waals surface area contributed by atoms with Crippen molar-refractivity contribution in [3.05, 3.63) is 35.4 Å². The van der Waals surface area contributed by atoms with Crippen molar-refractivity contribution >= 4 is 11.9 Å². The van der Waals surface area contributed by atoms with Crippen molar-refractivity contribution in [2.24, 2.45) is 0 Å². The fourth-order valence-corrected chi connectivity index (χ4v) is 4.14. The number of hydrogen-bond acceptors (Lipinski definition) is 3. The van der Waals surface area contributed by atoms with Gasteiger partial charge in [-0.05, 0) is 11.1 Å². The van der Waals surface area contributed by atoms with Gasteiger partial charge in [0, 0.05) is 25.6 Å². The minimum atomic E-state index is -4.28. The van der Waals surface area contributed by atoms with E-state index < -0.39 is 55.8 Å². The maximum Gasteiger partial charge on any atom is 0.393 e. The standard InChI is InChI=1S/C19H20F5N3O3/c20-18(21)10-27(8-14-16(18)30-9-15(28)25-14)17(29)26-6-13(7-26)12-3-1-11(2-4-12)5-19(22,23)24/h1-4,13-14,16H,5-10H2,(H,25,28)/t14-,16-/m0/s1. The molecule has 3 aliphatic rings. The Kier molecular flexibility index (Phi) is 5.11. The third kappa shape index (κ3) is 4.21. The number of carbonyl (C=O) groups excluding carboxylic acids is 2. The molecule has 0 spiro atoms. The van der Waals surface area contributed by atoms with E-state index in [0.717, 1.165) is 10.5 Å². The molecule has 0 aliphatic carbocycles. The molecule has 0 radical (unpaired) electrons. The molecule has 3 aliphatic heterocycles. The lowest BCUT2D eigenvalue weighted by Gasteiger charge is -2.48. The average molecular weight is 433 g/mol. The first-order valence-corrected chi connectivity index (χ1v) is 9.50. The summed E-state index contributed by atoms with van der Waals surface area (Å²) >= 11 is 0. The number of hydrogen-bond donors (Lipinski definition) is 1. The highest BCUT2D eigenvalue weighted by Gasteiger charge is 2.55. The molecule has 6 nitrogen and oxygen atoms in total. The number of carbonyl (C=O) groups is 2. The summed E-state index contributed by atoms with van der Waals surface area (Å²) in [7, 11) is 0. The maximum absolute atomic E-state index is 14.4. The quantitative estimate of drug-likeness (QED) is 0.728. The van der Waals surface area contributed by atoms with Gasteiger partial charge in [0.2, 0.25) is 5.91 Å². The van der Waals surface area contributed by atoms with Crippen LogP contribution in [-0.2, 0) is 16.0 Å². The van der Waals surface area contributed by atoms with E-state index in [1.807, 2.05) is 0 Å². The van der Waals surface area contributed by atoms with Gasteiger partial charge in [-0.2, -0.15) is 13.2 Å². The Morgan fingerprint density at radius 3 is 2.43 bits per heavy atom. The highest BCUT2D eigenvalue weighted by Crippen LogP contribution is 2.34. The fourth-order valence-electron chi connectivity index (χ4n) is 4.14. The van der Waals surface area contributed by atoms with Gasteiger partial charge in [0.15, 0.2) is 0 Å². The molecule has 30 heavy (non-hydrogen) atoms. The lowest BCUT2D eigenvalue weighted by molar-refractivity contribution is -0.195. The molecule has 3 fully saturated rings. The van der Waals surface area contributed by atoms with Crippen LogP contribution in [0.4, 0.5) is 26.7 Å². The molecule has 3 saturated heterocycles. The van der Waals surface area contributed by atoms with E-state index in [4.69, 9.17) is 4.74 Å². The van der Waals surface area contributed by atoms with Crippen molar-refractivity contribution in [3.8, 4) is 0 Å². The highest BCUT2D eigenvalue weighted by atomic mass is 19.4. The zero-order chi connectivity index (χ0) is 21.7. The summed E-state index contributed by atoms with van der Waals surface area (Å²) < 4.78 is 71.1. The zero-order valence-electron chi connectivity index (χ0n) is 15.8. The van der Waals surface area contributed by atoms with Gasteiger partial charge in [0.05, 0.1) is 19.0 Å². The number of piperidine rings is 1. The minimum absolute atomic E-state index is 0.0651. The maximum atomic E-state index is 14.4. The highest BCUT2D eigenvalue weighted by molar-refractivity contribution is 5.79. The van der Waals surface area contributed by atoms with Gasteiger partial charge >= 0.3 is 12.2 Å². The minimum Gasteiger partial charge on any atom is -0.360 e. The van der Waals surface area contributed by atoms with E-state index in [-0.39, 0.29) is 31.1 Å². The Labute approximate surface area is 168 Å². The first-order valence-electron chi connectivity index (χ1n) is 9.50. The summed E-state index contributed by atoms with van der Waals surface area (Å²) in [4.78, 5) is 26.5. The van der Waals surface area contributed by atoms with Crippen LogP contribution in [0.15, 0.2) is 24.3 Å². The summed E-state index contributed by atoms with van der Waals surface area (Å²) in [5.41, 5.74) is 0.947. The Bertz CT molecular complexity index is 824. The SMILES string of the molecule is O=C1CO[C@H]2[C@H](CN(C(=O)N3CC(c4ccc(CC(F)(F)F)cc4)C3)CC2(F)F)N1. The molecule has 164 valence electrons. The van der Waals surface area contributed by atoms with Gasteiger partial charge in [-0.25, -0.2) is 13.6 Å². The van der Waals surface area contributed by atoms with Crippen LogP contribution < -0.4 is 5.32 Å². The van der Waals surface area contributed by atoms with Crippen LogP contribution in [0.25, 0.3) is 0 Å². The predicted octanol–water partition coefficient (Wildman–Crippen LogP) is 2.15. The summed E-state index contributed by atoms with van der Waals surface area (Å²) in [6, 6.07) is 4.48. The van der Waals surface area contributed by atoms with E-state index in [2.05, 4.69) is 5.32 Å². The Balaban J connectivity index is 1.34. The predicted molar refractivity (Wildman–Crippen MR) is 94.1 cm³/mol. The first-order chi connectivity index (χ1) is 14.0. The normalized spacial score (nSPS) is 26.6. The molecule has 0 saturated carbocycles. The monoisotopic (exact) mass is 433 g/mol. The lowest BCUT2D eigenvalue weighted by atomic mass is 9.90. The Hall–Kier alpha value is -2.43. The van der Waals surface area contributed by atoms with Crippen molar-refractivity contribution < 1.29 is 36.3 Å². The van der Waals surface area contributed by atoms with E-state index in [9.17, 15) is 31.5 Å². The number of morpholine rings is 1. The third-order valence-electron chi connectivity index (χ3n) is 5.62. The number of rotatable bonds is 2. The molecule has 0 aromatic heterocycles. The number of fused-ring (bicyclic) bond motifs is 1. The van der Waals surface area contributed by atoms with Crippen molar-refractivity contribution in [3.63, 3.8) is 0 Å². The topological polar surface area (TPSA) is 61.9 Å². The molecule has 2 atom stereocenters. The van der Waals surface area contributed by atoms with Crippen LogP contribution in [0.3, 0.4) is 0 Å². The van der Waals surface area contributed by atoms with Gasteiger partial charge in [0.1, 0.15) is 12.7 Å². The Morgan fingerprint density at radius 2 is 1.80 bits per heavy atom. The summed E-state index contributed by atoms with van der Waals surface area (Å²) in [5.74, 6) is -3.85. The summed E-state index contributed by atoms with van der Waals surface area (Å²) in [5, 5.41) is 2.45. The number of amides is 3. The number of halogens is 5. The number of alkyl halides is 5. The van der Waals surface area contributed by atoms with Crippen molar-refractivity contribution in [2.45, 2.75) is 36.6 Å². The van der Waals surface area contributed by atoms with Gasteiger partial charge in [-0.15, -0.1) is 0 Å². The third-order valence-corrected chi connectivity index (χ3v) is 5.62. The summed E-state index contributed by atoms with van der Waals surface area (Å²) in [6.07, 6.45) is -6.74. The first kappa shape index (κ1) is 20.8. The van der Waals surface area contributed by atoms with Crippen LogP contribution in [0, 0.1) is 0 Å². The number of benzene rings is 1. The van der Waals surface area contributed by atoms with Gasteiger partial charge in [-0.3, -0.25) is 4.79 Å². The number of urea groups is 1. The van der Waals surface area contributed by atoms with Crippen molar-refractivity contribution in [1.82, 2.24) is 15.1 Å². The van der Waals surface area contributed by atoms with Gasteiger partial charge < -0.3 is 19.9 Å². The van der Waals surface area contributed by atoms with E-state index in [1.165, 1.54) is 17.0 Å². The largest absolute Gasteiger partial charge is 0.393 e. The molecule has 1 aromatic carbocycles. The van der Waals surface area contributed by atoms with Crippen molar-refractivity contribution in [1.29, 1.82) is 0 Å². The summed E-state index contributed by atoms with van der Waals surface area (Å²) in [6.45, 7) is -0.721. The number of ether oxygens (including phenoxy) is 1. The van der Waals surface area contributed by atoms with Crippen LogP contribution >= 0.6 is 0 Å². The van der Waals surface area contributed by atoms with E-state index in [1.54, 1.807) is 12.1 Å². The fraction of sp³-hybridized carbons (Fsp3) is 0.579. The molecule has 11 heteroatoms. The smallest absolute Gasteiger partial charge is 0.360 e. The number of nitrogens with one attached hydrogen (secondary N) is 1. The average Bonchev–Trinajstić information content (AvgIpc) is 2.59. The molecule has 3 heterocycles. The second-order valence-electron chi connectivity index (χ2n) is 7.97. The van der Waals surface area contributed by atoms with Crippen LogP contribution in [0.2, 0.25) is 0 Å². The van der Waals surface area contributed by atoms with Crippen LogP contribution in [0.1, 0.15) is 17.0 Å². The molecule has 1 aromatic rings. The molecule has 0 bridgehead atoms. The molecule has 1 N–H and O–H groups in total. The van der Waals surface area contributed by atoms with Crippen LogP contribution in [0.5, 0.6) is 0 Å². The van der Waals surface area contributed by atoms with Gasteiger partial charge in [-0.1, -0.05) is 24.3 Å². The number of likely N-dealkylation sites (tertiary alicyclic amines) is 2. The molecular formula is C19H20F5N3O3. The van der Waals surface area contributed by atoms with E-state index >= 15 is 0 Å². The molecule has 0 unspecified atom stereocenters. The lowest BCUT2D eigenvalue weighted by Crippen LogP contribution is -2.70. The Morgan fingerprint density at radius 1 is 1.13 bits per heavy atom. The second kappa shape index (κ2) is 7.36. The van der Waals surface area contributed by atoms with E-state index in [0.29, 0.717) is 0 Å². The molecular weight excluding hydrogens is 413 g/mol. The number of nitrogens with zero attached hydrogens (tertiary/aromatic N) is 2. The van der Waals surface area contributed by atoms with Gasteiger partial charge in [0.25, 0.3) is 5.92 Å². The zero-order valence-corrected chi connectivity index (χ0v) is 15.8. The van der Waals surface area contributed by atoms with Crippen molar-refractivity contribution in [2.75, 3.05) is 32.8 Å². The second-order valence-corrected chi connectivity index (χ2v) is 7.97. The molecule has 3 amide bonds. The van der Waals surface area contributed by atoms with Crippen LogP contribution in [-0.4, -0.2) is 78.8 Å². The molecule has 4 rings (SSSR count).